The van der Waals surface area contributed by atoms with Crippen LogP contribution in [-0.4, -0.2) is 18.2 Å². The second-order valence-electron chi connectivity index (χ2n) is 7.38. The Hall–Kier alpha value is -3.96. The van der Waals surface area contributed by atoms with Gasteiger partial charge >= 0.3 is 0 Å². The number of fused-ring (bicyclic) bond motifs is 1. The molecule has 0 unspecified atom stereocenters. The van der Waals surface area contributed by atoms with Crippen molar-refractivity contribution >= 4 is 26.7 Å². The summed E-state index contributed by atoms with van der Waals surface area (Å²) in [5, 5.41) is 0.706. The van der Waals surface area contributed by atoms with Crippen molar-refractivity contribution in [3.8, 4) is 11.1 Å². The molecule has 0 fully saturated rings. The third kappa shape index (κ3) is 3.24. The van der Waals surface area contributed by atoms with Crippen molar-refractivity contribution < 1.29 is 13.2 Å². The summed E-state index contributed by atoms with van der Waals surface area (Å²) in [4.78, 5) is 14.0. The van der Waals surface area contributed by atoms with Gasteiger partial charge in [0.1, 0.15) is 5.69 Å². The average Bonchev–Trinajstić information content (AvgIpc) is 3.21. The van der Waals surface area contributed by atoms with E-state index >= 15 is 0 Å². The molecule has 0 amide bonds. The Morgan fingerprint density at radius 1 is 0.625 bits per heavy atom. The van der Waals surface area contributed by atoms with Crippen molar-refractivity contribution in [2.45, 2.75) is 4.90 Å². The molecule has 156 valence electrons. The predicted molar refractivity (Wildman–Crippen MR) is 126 cm³/mol. The van der Waals surface area contributed by atoms with Crippen LogP contribution in [0.2, 0.25) is 0 Å². The van der Waals surface area contributed by atoms with Crippen LogP contribution in [-0.2, 0) is 10.0 Å². The van der Waals surface area contributed by atoms with Gasteiger partial charge in [0.15, 0.2) is 0 Å². The van der Waals surface area contributed by atoms with E-state index in [2.05, 4.69) is 0 Å². The first-order chi connectivity index (χ1) is 15.6. The molecule has 0 aliphatic heterocycles. The number of hydrogen-bond donors (Lipinski definition) is 0. The number of hydrogen-bond acceptors (Lipinski definition) is 3. The number of para-hydroxylation sites is 1. The summed E-state index contributed by atoms with van der Waals surface area (Å²) in [7, 11) is -4.04. The number of carbonyl (C=O) groups excluding carboxylic acids is 1. The van der Waals surface area contributed by atoms with E-state index in [9.17, 15) is 13.2 Å². The summed E-state index contributed by atoms with van der Waals surface area (Å²) in [6.07, 6.45) is 0. The van der Waals surface area contributed by atoms with Gasteiger partial charge in [0, 0.05) is 16.5 Å². The van der Waals surface area contributed by atoms with Gasteiger partial charge in [-0.3, -0.25) is 4.79 Å². The fourth-order valence-corrected chi connectivity index (χ4v) is 5.53. The topological polar surface area (TPSA) is 56.1 Å². The van der Waals surface area contributed by atoms with E-state index in [-0.39, 0.29) is 16.4 Å². The van der Waals surface area contributed by atoms with E-state index in [1.807, 2.05) is 48.5 Å². The molecule has 1 heterocycles. The van der Waals surface area contributed by atoms with Crippen LogP contribution in [0.4, 0.5) is 0 Å². The van der Waals surface area contributed by atoms with E-state index in [4.69, 9.17) is 0 Å². The second kappa shape index (κ2) is 7.94. The quantitative estimate of drug-likeness (QED) is 0.328. The number of rotatable bonds is 5. The minimum Gasteiger partial charge on any atom is -0.287 e. The highest BCUT2D eigenvalue weighted by Crippen LogP contribution is 2.38. The van der Waals surface area contributed by atoms with Crippen molar-refractivity contribution in [2.24, 2.45) is 0 Å². The number of aromatic nitrogens is 1. The van der Waals surface area contributed by atoms with Crippen LogP contribution in [0.3, 0.4) is 0 Å². The zero-order valence-corrected chi connectivity index (χ0v) is 17.9. The van der Waals surface area contributed by atoms with Gasteiger partial charge in [-0.15, -0.1) is 0 Å². The lowest BCUT2D eigenvalue weighted by Crippen LogP contribution is -2.19. The minimum atomic E-state index is -4.04. The first-order valence-electron chi connectivity index (χ1n) is 10.2. The average molecular weight is 438 g/mol. The molecule has 0 saturated carbocycles. The smallest absolute Gasteiger partial charge is 0.268 e. The van der Waals surface area contributed by atoms with Crippen molar-refractivity contribution in [3.05, 3.63) is 127 Å². The van der Waals surface area contributed by atoms with E-state index in [1.54, 1.807) is 66.7 Å². The predicted octanol–water partition coefficient (Wildman–Crippen LogP) is 5.78. The van der Waals surface area contributed by atoms with Crippen LogP contribution in [0.15, 0.2) is 120 Å². The summed E-state index contributed by atoms with van der Waals surface area (Å²) in [5.41, 5.74) is 2.42. The van der Waals surface area contributed by atoms with Crippen LogP contribution < -0.4 is 0 Å². The largest absolute Gasteiger partial charge is 0.287 e. The Bertz CT molecular complexity index is 1520. The molecule has 0 saturated heterocycles. The van der Waals surface area contributed by atoms with Crippen molar-refractivity contribution in [1.29, 1.82) is 0 Å². The van der Waals surface area contributed by atoms with Gasteiger partial charge in [0.25, 0.3) is 10.0 Å². The van der Waals surface area contributed by atoms with Gasteiger partial charge in [-0.1, -0.05) is 97.1 Å². The minimum absolute atomic E-state index is 0.127. The number of benzene rings is 4. The first kappa shape index (κ1) is 20.0. The Balaban J connectivity index is 1.93. The van der Waals surface area contributed by atoms with E-state index < -0.39 is 10.0 Å². The lowest BCUT2D eigenvalue weighted by atomic mass is 9.98. The molecule has 5 heteroatoms. The summed E-state index contributed by atoms with van der Waals surface area (Å²) in [5.74, 6) is -0.347. The third-order valence-corrected chi connectivity index (χ3v) is 7.15. The Kier molecular flexibility index (Phi) is 4.96. The first-order valence-corrected chi connectivity index (χ1v) is 11.6. The highest BCUT2D eigenvalue weighted by molar-refractivity contribution is 7.90. The van der Waals surface area contributed by atoms with E-state index in [0.29, 0.717) is 22.0 Å². The molecule has 32 heavy (non-hydrogen) atoms. The highest BCUT2D eigenvalue weighted by Gasteiger charge is 2.31. The van der Waals surface area contributed by atoms with Crippen LogP contribution in [0.1, 0.15) is 16.1 Å². The Labute approximate surface area is 186 Å². The van der Waals surface area contributed by atoms with Gasteiger partial charge in [-0.25, -0.2) is 12.4 Å². The molecule has 0 N–H and O–H groups in total. The van der Waals surface area contributed by atoms with Gasteiger partial charge in [0.2, 0.25) is 5.78 Å². The van der Waals surface area contributed by atoms with E-state index in [0.717, 1.165) is 5.56 Å². The maximum Gasteiger partial charge on any atom is 0.268 e. The van der Waals surface area contributed by atoms with Crippen LogP contribution in [0.5, 0.6) is 0 Å². The van der Waals surface area contributed by atoms with Crippen LogP contribution in [0.25, 0.3) is 22.0 Å². The third-order valence-electron chi connectivity index (χ3n) is 5.43. The molecule has 0 aliphatic carbocycles. The van der Waals surface area contributed by atoms with Gasteiger partial charge in [-0.05, 0) is 23.8 Å². The fraction of sp³-hybridized carbons (Fsp3) is 0. The standard InChI is InChI=1S/C27H19NO3S/c29-27(21-14-6-2-7-15-21)26-25(20-12-4-1-5-13-20)23-18-10-11-19-24(23)28(26)32(30,31)22-16-8-3-9-17-22/h1-19H. The lowest BCUT2D eigenvalue weighted by Gasteiger charge is -2.13. The summed E-state index contributed by atoms with van der Waals surface area (Å²) in [6, 6.07) is 33.6. The lowest BCUT2D eigenvalue weighted by molar-refractivity contribution is 0.103. The summed E-state index contributed by atoms with van der Waals surface area (Å²) < 4.78 is 28.9. The van der Waals surface area contributed by atoms with Crippen LogP contribution in [0, 0.1) is 0 Å². The Morgan fingerprint density at radius 2 is 1.16 bits per heavy atom. The van der Waals surface area contributed by atoms with Crippen molar-refractivity contribution in [3.63, 3.8) is 0 Å². The SMILES string of the molecule is O=C(c1ccccc1)c1c(-c2ccccc2)c2ccccc2n1S(=O)(=O)c1ccccc1. The highest BCUT2D eigenvalue weighted by atomic mass is 32.2. The molecule has 0 spiro atoms. The fourth-order valence-electron chi connectivity index (χ4n) is 3.99. The molecular formula is C27H19NO3S. The molecule has 4 nitrogen and oxygen atoms in total. The summed E-state index contributed by atoms with van der Waals surface area (Å²) in [6.45, 7) is 0. The van der Waals surface area contributed by atoms with E-state index in [1.165, 1.54) is 3.97 Å². The number of nitrogens with zero attached hydrogens (tertiary/aromatic N) is 1. The summed E-state index contributed by atoms with van der Waals surface area (Å²) >= 11 is 0. The molecule has 0 aliphatic rings. The zero-order chi connectivity index (χ0) is 22.1. The molecule has 4 aromatic carbocycles. The monoisotopic (exact) mass is 437 g/mol. The molecule has 5 rings (SSSR count). The van der Waals surface area contributed by atoms with Crippen molar-refractivity contribution in [2.75, 3.05) is 0 Å². The van der Waals surface area contributed by atoms with Crippen molar-refractivity contribution in [1.82, 2.24) is 3.97 Å². The molecule has 0 atom stereocenters. The number of carbonyl (C=O) groups is 1. The molecule has 0 radical (unpaired) electrons. The van der Waals surface area contributed by atoms with Gasteiger partial charge in [0.05, 0.1) is 10.4 Å². The Morgan fingerprint density at radius 3 is 1.81 bits per heavy atom. The zero-order valence-electron chi connectivity index (χ0n) is 17.0. The second-order valence-corrected chi connectivity index (χ2v) is 9.17. The van der Waals surface area contributed by atoms with Gasteiger partial charge < -0.3 is 0 Å². The molecular weight excluding hydrogens is 418 g/mol. The normalized spacial score (nSPS) is 11.5. The molecule has 0 bridgehead atoms. The maximum atomic E-state index is 13.9. The molecule has 1 aromatic heterocycles. The number of ketones is 1. The van der Waals surface area contributed by atoms with Crippen LogP contribution >= 0.6 is 0 Å². The molecule has 5 aromatic rings. The maximum absolute atomic E-state index is 13.9. The van der Waals surface area contributed by atoms with Gasteiger partial charge in [-0.2, -0.15) is 0 Å².